The molecule has 4 heteroatoms. The summed E-state index contributed by atoms with van der Waals surface area (Å²) in [7, 11) is 0. The average Bonchev–Trinajstić information content (AvgIpc) is 2.10. The molecule has 0 unspecified atom stereocenters. The van der Waals surface area contributed by atoms with Crippen LogP contribution in [0.15, 0.2) is 18.2 Å². The molecule has 0 spiro atoms. The molecule has 0 aromatic heterocycles. The molecule has 0 fully saturated rings. The van der Waals surface area contributed by atoms with Gasteiger partial charge in [0.15, 0.2) is 11.6 Å². The van der Waals surface area contributed by atoms with Gasteiger partial charge in [0.05, 0.1) is 0 Å². The van der Waals surface area contributed by atoms with Gasteiger partial charge in [-0.1, -0.05) is 19.4 Å². The Kier molecular flexibility index (Phi) is 5.50. The molecule has 14 heavy (non-hydrogen) atoms. The predicted octanol–water partition coefficient (Wildman–Crippen LogP) is 2.75. The number of phenols is 1. The number of hydrogen-bond acceptors (Lipinski definition) is 2. The van der Waals surface area contributed by atoms with E-state index in [4.69, 9.17) is 10.8 Å². The van der Waals surface area contributed by atoms with Gasteiger partial charge in [-0.3, -0.25) is 0 Å². The summed E-state index contributed by atoms with van der Waals surface area (Å²) >= 11 is 0. The zero-order valence-electron chi connectivity index (χ0n) is 8.03. The highest BCUT2D eigenvalue weighted by Gasteiger charge is 2.07. The number of phenolic OH excluding ortho intramolecular Hbond substituents is 1. The van der Waals surface area contributed by atoms with Gasteiger partial charge in [0.25, 0.3) is 0 Å². The summed E-state index contributed by atoms with van der Waals surface area (Å²) in [6.45, 7) is 2.02. The number of nitrogens with two attached hydrogens (primary N) is 1. The molecule has 0 aliphatic heterocycles. The van der Waals surface area contributed by atoms with E-state index < -0.39 is 5.82 Å². The molecule has 0 bridgehead atoms. The summed E-state index contributed by atoms with van der Waals surface area (Å²) < 4.78 is 12.9. The number of benzene rings is 1. The van der Waals surface area contributed by atoms with Crippen LogP contribution in [0, 0.1) is 5.82 Å². The van der Waals surface area contributed by atoms with Crippen molar-refractivity contribution in [3.05, 3.63) is 29.6 Å². The van der Waals surface area contributed by atoms with Crippen molar-refractivity contribution in [3.63, 3.8) is 0 Å². The molecule has 0 saturated carbocycles. The first-order valence-electron chi connectivity index (χ1n) is 4.39. The molecule has 0 heterocycles. The molecule has 0 aliphatic rings. The number of hydrogen-bond donors (Lipinski definition) is 2. The van der Waals surface area contributed by atoms with Crippen LogP contribution in [0.25, 0.3) is 0 Å². The van der Waals surface area contributed by atoms with Crippen LogP contribution in [0.3, 0.4) is 0 Å². The molecule has 80 valence electrons. The number of aromatic hydroxyl groups is 1. The second kappa shape index (κ2) is 5.83. The first-order chi connectivity index (χ1) is 6.15. The van der Waals surface area contributed by atoms with Crippen LogP contribution in [-0.4, -0.2) is 5.11 Å². The third-order valence-corrected chi connectivity index (χ3v) is 2.00. The Morgan fingerprint density at radius 3 is 2.64 bits per heavy atom. The highest BCUT2D eigenvalue weighted by molar-refractivity contribution is 5.85. The van der Waals surface area contributed by atoms with E-state index in [1.54, 1.807) is 6.07 Å². The SMILES string of the molecule is CCC[C@@H](N)c1ccc(O)c(F)c1.Cl. The van der Waals surface area contributed by atoms with Crippen LogP contribution in [0.2, 0.25) is 0 Å². The molecule has 1 aromatic carbocycles. The van der Waals surface area contributed by atoms with E-state index >= 15 is 0 Å². The van der Waals surface area contributed by atoms with Gasteiger partial charge < -0.3 is 10.8 Å². The average molecular weight is 220 g/mol. The summed E-state index contributed by atoms with van der Waals surface area (Å²) in [4.78, 5) is 0. The van der Waals surface area contributed by atoms with Crippen molar-refractivity contribution in [2.24, 2.45) is 5.73 Å². The number of rotatable bonds is 3. The third-order valence-electron chi connectivity index (χ3n) is 2.00. The fourth-order valence-corrected chi connectivity index (χ4v) is 1.23. The maximum Gasteiger partial charge on any atom is 0.165 e. The Morgan fingerprint density at radius 2 is 2.14 bits per heavy atom. The van der Waals surface area contributed by atoms with Crippen molar-refractivity contribution in [2.45, 2.75) is 25.8 Å². The first kappa shape index (κ1) is 13.2. The molecule has 1 rings (SSSR count). The van der Waals surface area contributed by atoms with Gasteiger partial charge in [0.1, 0.15) is 0 Å². The number of halogens is 2. The lowest BCUT2D eigenvalue weighted by Gasteiger charge is -2.10. The Labute approximate surface area is 89.3 Å². The maximum absolute atomic E-state index is 12.9. The van der Waals surface area contributed by atoms with Gasteiger partial charge in [0.2, 0.25) is 0 Å². The van der Waals surface area contributed by atoms with Gasteiger partial charge in [-0.25, -0.2) is 4.39 Å². The van der Waals surface area contributed by atoms with Crippen LogP contribution in [0.5, 0.6) is 5.75 Å². The molecule has 0 radical (unpaired) electrons. The minimum atomic E-state index is -0.607. The van der Waals surface area contributed by atoms with E-state index in [2.05, 4.69) is 0 Å². The summed E-state index contributed by atoms with van der Waals surface area (Å²) in [6, 6.07) is 4.13. The van der Waals surface area contributed by atoms with Gasteiger partial charge in [0, 0.05) is 6.04 Å². The van der Waals surface area contributed by atoms with Crippen LogP contribution in [-0.2, 0) is 0 Å². The Balaban J connectivity index is 0.00000169. The van der Waals surface area contributed by atoms with E-state index in [9.17, 15) is 4.39 Å². The lowest BCUT2D eigenvalue weighted by Crippen LogP contribution is -2.09. The zero-order valence-corrected chi connectivity index (χ0v) is 8.85. The van der Waals surface area contributed by atoms with Crippen molar-refractivity contribution in [1.82, 2.24) is 0 Å². The summed E-state index contributed by atoms with van der Waals surface area (Å²) in [5.74, 6) is -0.934. The lowest BCUT2D eigenvalue weighted by molar-refractivity contribution is 0.431. The molecule has 0 amide bonds. The molecule has 1 aromatic rings. The summed E-state index contributed by atoms with van der Waals surface area (Å²) in [5.41, 5.74) is 6.51. The highest BCUT2D eigenvalue weighted by atomic mass is 35.5. The minimum Gasteiger partial charge on any atom is -0.505 e. The highest BCUT2D eigenvalue weighted by Crippen LogP contribution is 2.21. The monoisotopic (exact) mass is 219 g/mol. The smallest absolute Gasteiger partial charge is 0.165 e. The van der Waals surface area contributed by atoms with E-state index in [-0.39, 0.29) is 24.2 Å². The third kappa shape index (κ3) is 3.16. The Morgan fingerprint density at radius 1 is 1.50 bits per heavy atom. The predicted molar refractivity (Wildman–Crippen MR) is 57.1 cm³/mol. The summed E-state index contributed by atoms with van der Waals surface area (Å²) in [6.07, 6.45) is 1.79. The second-order valence-corrected chi connectivity index (χ2v) is 3.11. The molecule has 2 nitrogen and oxygen atoms in total. The van der Waals surface area contributed by atoms with E-state index in [1.807, 2.05) is 6.92 Å². The van der Waals surface area contributed by atoms with E-state index in [1.165, 1.54) is 12.1 Å². The molecule has 3 N–H and O–H groups in total. The van der Waals surface area contributed by atoms with Crippen molar-refractivity contribution < 1.29 is 9.50 Å². The normalized spacial score (nSPS) is 11.9. The Hall–Kier alpha value is -0.800. The summed E-state index contributed by atoms with van der Waals surface area (Å²) in [5, 5.41) is 8.94. The van der Waals surface area contributed by atoms with Crippen molar-refractivity contribution >= 4 is 12.4 Å². The maximum atomic E-state index is 12.9. The van der Waals surface area contributed by atoms with Crippen molar-refractivity contribution in [2.75, 3.05) is 0 Å². The molecular weight excluding hydrogens is 205 g/mol. The van der Waals surface area contributed by atoms with E-state index in [0.29, 0.717) is 0 Å². The lowest BCUT2D eigenvalue weighted by atomic mass is 10.0. The van der Waals surface area contributed by atoms with Gasteiger partial charge in [-0.05, 0) is 24.1 Å². The molecule has 0 saturated heterocycles. The van der Waals surface area contributed by atoms with Gasteiger partial charge in [-0.2, -0.15) is 0 Å². The van der Waals surface area contributed by atoms with Crippen LogP contribution in [0.1, 0.15) is 31.4 Å². The standard InChI is InChI=1S/C10H14FNO.ClH/c1-2-3-9(12)7-4-5-10(13)8(11)6-7;/h4-6,9,13H,2-3,12H2,1H3;1H/t9-;/m1./s1. The van der Waals surface area contributed by atoms with Crippen LogP contribution < -0.4 is 5.73 Å². The van der Waals surface area contributed by atoms with E-state index in [0.717, 1.165) is 18.4 Å². The van der Waals surface area contributed by atoms with Crippen LogP contribution in [0.4, 0.5) is 4.39 Å². The van der Waals surface area contributed by atoms with Crippen LogP contribution >= 0.6 is 12.4 Å². The molecular formula is C10H15ClFNO. The largest absolute Gasteiger partial charge is 0.505 e. The fourth-order valence-electron chi connectivity index (χ4n) is 1.23. The zero-order chi connectivity index (χ0) is 9.84. The molecule has 1 atom stereocenters. The topological polar surface area (TPSA) is 46.2 Å². The first-order valence-corrected chi connectivity index (χ1v) is 4.39. The second-order valence-electron chi connectivity index (χ2n) is 3.11. The molecule has 0 aliphatic carbocycles. The fraction of sp³-hybridized carbons (Fsp3) is 0.400. The van der Waals surface area contributed by atoms with Crippen molar-refractivity contribution in [1.29, 1.82) is 0 Å². The van der Waals surface area contributed by atoms with Gasteiger partial charge >= 0.3 is 0 Å². The Bertz CT molecular complexity index is 293. The van der Waals surface area contributed by atoms with Gasteiger partial charge in [-0.15, -0.1) is 12.4 Å². The quantitative estimate of drug-likeness (QED) is 0.821. The minimum absolute atomic E-state index is 0. The van der Waals surface area contributed by atoms with Crippen molar-refractivity contribution in [3.8, 4) is 5.75 Å².